The second-order valence-electron chi connectivity index (χ2n) is 9.57. The normalized spacial score (nSPS) is 23.3. The number of alkyl halides is 3. The van der Waals surface area contributed by atoms with Crippen molar-refractivity contribution in [2.24, 2.45) is 11.8 Å². The molecule has 2 aliphatic rings. The summed E-state index contributed by atoms with van der Waals surface area (Å²) in [5, 5.41) is 5.72. The Labute approximate surface area is 174 Å². The maximum absolute atomic E-state index is 13.3. The summed E-state index contributed by atoms with van der Waals surface area (Å²) in [5.41, 5.74) is -1.80. The Morgan fingerprint density at radius 3 is 2.30 bits per heavy atom. The van der Waals surface area contributed by atoms with Gasteiger partial charge in [0.2, 0.25) is 5.91 Å². The zero-order chi connectivity index (χ0) is 22.3. The molecule has 0 spiro atoms. The zero-order valence-corrected chi connectivity index (χ0v) is 17.7. The van der Waals surface area contributed by atoms with E-state index in [4.69, 9.17) is 4.74 Å². The van der Waals surface area contributed by atoms with E-state index in [9.17, 15) is 22.8 Å². The molecule has 8 heteroatoms. The molecule has 3 rings (SSSR count). The minimum atomic E-state index is -4.44. The molecule has 2 amide bonds. The maximum atomic E-state index is 13.3. The van der Waals surface area contributed by atoms with Gasteiger partial charge in [-0.1, -0.05) is 18.2 Å². The van der Waals surface area contributed by atoms with Gasteiger partial charge in [0.05, 0.1) is 11.1 Å². The van der Waals surface area contributed by atoms with E-state index in [2.05, 4.69) is 10.6 Å². The van der Waals surface area contributed by atoms with Crippen molar-refractivity contribution in [3.63, 3.8) is 0 Å². The van der Waals surface area contributed by atoms with E-state index >= 15 is 0 Å². The summed E-state index contributed by atoms with van der Waals surface area (Å²) in [6.45, 7) is 7.36. The second kappa shape index (κ2) is 7.78. The molecule has 3 atom stereocenters. The van der Waals surface area contributed by atoms with Crippen molar-refractivity contribution < 1.29 is 27.5 Å². The Morgan fingerprint density at radius 1 is 1.10 bits per heavy atom. The van der Waals surface area contributed by atoms with Crippen LogP contribution in [0.3, 0.4) is 0 Å². The van der Waals surface area contributed by atoms with E-state index < -0.39 is 40.8 Å². The molecule has 2 saturated carbocycles. The van der Waals surface area contributed by atoms with Crippen molar-refractivity contribution >= 4 is 12.0 Å². The van der Waals surface area contributed by atoms with E-state index in [-0.39, 0.29) is 23.9 Å². The van der Waals surface area contributed by atoms with E-state index in [0.717, 1.165) is 18.9 Å². The molecule has 0 bridgehead atoms. The third kappa shape index (κ3) is 5.46. The van der Waals surface area contributed by atoms with Crippen LogP contribution in [0.25, 0.3) is 0 Å². The summed E-state index contributed by atoms with van der Waals surface area (Å²) in [6, 6.07) is 5.43. The first-order valence-corrected chi connectivity index (χ1v) is 10.3. The topological polar surface area (TPSA) is 67.4 Å². The van der Waals surface area contributed by atoms with Crippen molar-refractivity contribution in [3.05, 3.63) is 35.4 Å². The largest absolute Gasteiger partial charge is 0.444 e. The maximum Gasteiger partial charge on any atom is 0.416 e. The summed E-state index contributed by atoms with van der Waals surface area (Å²) in [6.07, 6.45) is -2.76. The van der Waals surface area contributed by atoms with Crippen molar-refractivity contribution in [1.82, 2.24) is 10.6 Å². The average molecular weight is 426 g/mol. The van der Waals surface area contributed by atoms with Crippen molar-refractivity contribution in [1.29, 1.82) is 0 Å². The molecule has 30 heavy (non-hydrogen) atoms. The molecular formula is C22H29F3N2O3. The van der Waals surface area contributed by atoms with Crippen molar-refractivity contribution in [2.45, 2.75) is 70.2 Å². The first-order chi connectivity index (χ1) is 13.8. The highest BCUT2D eigenvalue weighted by Crippen LogP contribution is 2.51. The lowest BCUT2D eigenvalue weighted by atomic mass is 9.94. The van der Waals surface area contributed by atoms with Crippen LogP contribution in [0.5, 0.6) is 0 Å². The van der Waals surface area contributed by atoms with Crippen LogP contribution in [-0.4, -0.2) is 29.7 Å². The predicted molar refractivity (Wildman–Crippen MR) is 106 cm³/mol. The van der Waals surface area contributed by atoms with Crippen LogP contribution in [0.4, 0.5) is 18.0 Å². The van der Waals surface area contributed by atoms with Crippen LogP contribution < -0.4 is 10.6 Å². The number of alkyl carbamates (subject to hydrolysis) is 1. The number of hydrogen-bond donors (Lipinski definition) is 2. The zero-order valence-electron chi connectivity index (χ0n) is 17.7. The number of benzene rings is 1. The van der Waals surface area contributed by atoms with Crippen LogP contribution in [0.15, 0.2) is 24.3 Å². The summed E-state index contributed by atoms with van der Waals surface area (Å²) < 4.78 is 45.1. The van der Waals surface area contributed by atoms with Gasteiger partial charge < -0.3 is 15.4 Å². The highest BCUT2D eigenvalue weighted by Gasteiger charge is 2.51. The van der Waals surface area contributed by atoms with Gasteiger partial charge in [-0.15, -0.1) is 0 Å². The molecule has 1 aromatic rings. The Hall–Kier alpha value is -2.25. The highest BCUT2D eigenvalue weighted by atomic mass is 19.4. The van der Waals surface area contributed by atoms with Crippen LogP contribution in [0, 0.1) is 11.8 Å². The number of carbonyl (C=O) groups excluding carboxylic acids is 2. The Bertz CT molecular complexity index is 815. The number of amides is 2. The number of ether oxygens (including phenoxy) is 1. The third-order valence-corrected chi connectivity index (χ3v) is 5.68. The van der Waals surface area contributed by atoms with Crippen molar-refractivity contribution in [3.8, 4) is 0 Å². The molecule has 166 valence electrons. The SMILES string of the molecule is CC(C)(C)OC(=O)NCC(C)(NC(=O)C1CC1c1ccccc1C(F)(F)F)C1CC1. The summed E-state index contributed by atoms with van der Waals surface area (Å²) in [5.74, 6) is -0.980. The Balaban J connectivity index is 1.63. The smallest absolute Gasteiger partial charge is 0.416 e. The van der Waals surface area contributed by atoms with Gasteiger partial charge >= 0.3 is 12.3 Å². The second-order valence-corrected chi connectivity index (χ2v) is 9.57. The van der Waals surface area contributed by atoms with Crippen LogP contribution in [-0.2, 0) is 15.7 Å². The number of hydrogen-bond acceptors (Lipinski definition) is 3. The van der Waals surface area contributed by atoms with Crippen LogP contribution >= 0.6 is 0 Å². The molecule has 0 heterocycles. The van der Waals surface area contributed by atoms with Crippen LogP contribution in [0.2, 0.25) is 0 Å². The quantitative estimate of drug-likeness (QED) is 0.698. The lowest BCUT2D eigenvalue weighted by molar-refractivity contribution is -0.138. The van der Waals surface area contributed by atoms with E-state index in [1.807, 2.05) is 6.92 Å². The standard InChI is InChI=1S/C22H29F3N2O3/c1-20(2,3)30-19(29)26-12-21(4,13-9-10-13)27-18(28)16-11-15(16)14-7-5-6-8-17(14)22(23,24)25/h5-8,13,15-16H,9-12H2,1-4H3,(H,26,29)(H,27,28). The van der Waals surface area contributed by atoms with Gasteiger partial charge in [-0.2, -0.15) is 13.2 Å². The first-order valence-electron chi connectivity index (χ1n) is 10.3. The molecule has 5 nitrogen and oxygen atoms in total. The van der Waals surface area contributed by atoms with Gasteiger partial charge in [-0.3, -0.25) is 4.79 Å². The van der Waals surface area contributed by atoms with Crippen molar-refractivity contribution in [2.75, 3.05) is 6.54 Å². The fraction of sp³-hybridized carbons (Fsp3) is 0.636. The molecule has 0 saturated heterocycles. The minimum absolute atomic E-state index is 0.171. The fourth-order valence-electron chi connectivity index (χ4n) is 3.86. The number of nitrogens with one attached hydrogen (secondary N) is 2. The Morgan fingerprint density at radius 2 is 1.73 bits per heavy atom. The van der Waals surface area contributed by atoms with Gasteiger partial charge in [-0.05, 0) is 70.4 Å². The van der Waals surface area contributed by atoms with Gasteiger partial charge in [0, 0.05) is 12.5 Å². The highest BCUT2D eigenvalue weighted by molar-refractivity contribution is 5.84. The third-order valence-electron chi connectivity index (χ3n) is 5.68. The lowest BCUT2D eigenvalue weighted by Crippen LogP contribution is -2.56. The molecular weight excluding hydrogens is 397 g/mol. The Kier molecular flexibility index (Phi) is 5.82. The number of halogens is 3. The van der Waals surface area contributed by atoms with E-state index in [1.165, 1.54) is 12.1 Å². The van der Waals surface area contributed by atoms with Gasteiger partial charge in [0.25, 0.3) is 0 Å². The summed E-state index contributed by atoms with van der Waals surface area (Å²) in [4.78, 5) is 24.8. The molecule has 2 aliphatic carbocycles. The number of carbonyl (C=O) groups is 2. The molecule has 2 N–H and O–H groups in total. The monoisotopic (exact) mass is 426 g/mol. The summed E-state index contributed by atoms with van der Waals surface area (Å²) >= 11 is 0. The average Bonchev–Trinajstić information content (AvgIpc) is 3.51. The summed E-state index contributed by atoms with van der Waals surface area (Å²) in [7, 11) is 0. The minimum Gasteiger partial charge on any atom is -0.444 e. The predicted octanol–water partition coefficient (Wildman–Crippen LogP) is 4.62. The lowest BCUT2D eigenvalue weighted by Gasteiger charge is -2.32. The van der Waals surface area contributed by atoms with E-state index in [1.54, 1.807) is 26.8 Å². The molecule has 2 fully saturated rings. The molecule has 1 aromatic carbocycles. The molecule has 0 aliphatic heterocycles. The van der Waals surface area contributed by atoms with Gasteiger partial charge in [0.1, 0.15) is 5.60 Å². The number of rotatable bonds is 6. The van der Waals surface area contributed by atoms with Gasteiger partial charge in [0.15, 0.2) is 0 Å². The fourth-order valence-corrected chi connectivity index (χ4v) is 3.86. The van der Waals surface area contributed by atoms with Crippen LogP contribution in [0.1, 0.15) is 64.0 Å². The molecule has 0 radical (unpaired) electrons. The molecule has 3 unspecified atom stereocenters. The van der Waals surface area contributed by atoms with E-state index in [0.29, 0.717) is 6.42 Å². The van der Waals surface area contributed by atoms with Gasteiger partial charge in [-0.25, -0.2) is 4.79 Å². The first kappa shape index (κ1) is 22.4. The molecule has 0 aromatic heterocycles.